The minimum Gasteiger partial charge on any atom is -0.495 e. The van der Waals surface area contributed by atoms with Gasteiger partial charge in [0.2, 0.25) is 0 Å². The Morgan fingerprint density at radius 1 is 1.03 bits per heavy atom. The molecular formula is C22H18ClF3N4O4. The second kappa shape index (κ2) is 10.3. The number of benzene rings is 2. The van der Waals surface area contributed by atoms with Crippen molar-refractivity contribution < 1.29 is 32.2 Å². The molecule has 8 nitrogen and oxygen atoms in total. The number of ether oxygens (including phenoxy) is 2. The summed E-state index contributed by atoms with van der Waals surface area (Å²) in [4.78, 5) is 28.1. The SMILES string of the molecule is CNC(=O)c1cc(Oc2cccc(NC(=O)Nc3cc(C(F)(F)F)c(Cl)cc3OC)c2)ccn1. The van der Waals surface area contributed by atoms with Crippen LogP contribution in [0.4, 0.5) is 29.3 Å². The van der Waals surface area contributed by atoms with Crippen molar-refractivity contribution in [3.63, 3.8) is 0 Å². The Bertz CT molecular complexity index is 1220. The van der Waals surface area contributed by atoms with Gasteiger partial charge in [0.05, 0.1) is 23.4 Å². The number of anilines is 2. The first-order valence-corrected chi connectivity index (χ1v) is 9.97. The first-order chi connectivity index (χ1) is 16.1. The average molecular weight is 495 g/mol. The van der Waals surface area contributed by atoms with Gasteiger partial charge in [0.25, 0.3) is 5.91 Å². The average Bonchev–Trinajstić information content (AvgIpc) is 2.79. The number of carbonyl (C=O) groups is 2. The van der Waals surface area contributed by atoms with Crippen LogP contribution in [0.5, 0.6) is 17.2 Å². The smallest absolute Gasteiger partial charge is 0.417 e. The van der Waals surface area contributed by atoms with E-state index in [-0.39, 0.29) is 23.0 Å². The Morgan fingerprint density at radius 3 is 2.44 bits per heavy atom. The fourth-order valence-electron chi connectivity index (χ4n) is 2.82. The molecule has 0 aliphatic carbocycles. The van der Waals surface area contributed by atoms with E-state index in [9.17, 15) is 22.8 Å². The molecule has 0 aliphatic heterocycles. The maximum Gasteiger partial charge on any atom is 0.417 e. The van der Waals surface area contributed by atoms with Crippen LogP contribution < -0.4 is 25.4 Å². The lowest BCUT2D eigenvalue weighted by atomic mass is 10.1. The largest absolute Gasteiger partial charge is 0.495 e. The molecule has 3 N–H and O–H groups in total. The molecule has 3 aromatic rings. The summed E-state index contributed by atoms with van der Waals surface area (Å²) < 4.78 is 50.2. The van der Waals surface area contributed by atoms with E-state index in [1.807, 2.05) is 0 Å². The van der Waals surface area contributed by atoms with E-state index < -0.39 is 22.8 Å². The zero-order valence-corrected chi connectivity index (χ0v) is 18.5. The van der Waals surface area contributed by atoms with Crippen LogP contribution in [0.1, 0.15) is 16.1 Å². The maximum absolute atomic E-state index is 13.2. The normalized spacial score (nSPS) is 10.9. The van der Waals surface area contributed by atoms with E-state index in [0.29, 0.717) is 23.3 Å². The molecule has 0 aliphatic rings. The number of rotatable bonds is 6. The van der Waals surface area contributed by atoms with Crippen LogP contribution in [-0.2, 0) is 6.18 Å². The molecule has 12 heteroatoms. The minimum atomic E-state index is -4.72. The predicted molar refractivity (Wildman–Crippen MR) is 120 cm³/mol. The van der Waals surface area contributed by atoms with Crippen LogP contribution in [0.15, 0.2) is 54.7 Å². The summed E-state index contributed by atoms with van der Waals surface area (Å²) >= 11 is 5.68. The van der Waals surface area contributed by atoms with Crippen LogP contribution >= 0.6 is 11.6 Å². The van der Waals surface area contributed by atoms with Crippen molar-refractivity contribution in [1.82, 2.24) is 10.3 Å². The van der Waals surface area contributed by atoms with E-state index in [2.05, 4.69) is 20.9 Å². The number of pyridine rings is 1. The van der Waals surface area contributed by atoms with E-state index in [0.717, 1.165) is 6.07 Å². The Balaban J connectivity index is 1.75. The quantitative estimate of drug-likeness (QED) is 0.416. The molecule has 0 spiro atoms. The number of amides is 3. The molecule has 1 heterocycles. The zero-order valence-electron chi connectivity index (χ0n) is 17.8. The highest BCUT2D eigenvalue weighted by Crippen LogP contribution is 2.40. The number of nitrogens with one attached hydrogen (secondary N) is 3. The van der Waals surface area contributed by atoms with Gasteiger partial charge in [-0.15, -0.1) is 0 Å². The number of nitrogens with zero attached hydrogens (tertiary/aromatic N) is 1. The number of hydrogen-bond donors (Lipinski definition) is 3. The van der Waals surface area contributed by atoms with Crippen molar-refractivity contribution in [3.8, 4) is 17.2 Å². The van der Waals surface area contributed by atoms with Gasteiger partial charge in [-0.2, -0.15) is 13.2 Å². The van der Waals surface area contributed by atoms with E-state index in [1.165, 1.54) is 32.5 Å². The summed E-state index contributed by atoms with van der Waals surface area (Å²) in [7, 11) is 2.71. The van der Waals surface area contributed by atoms with E-state index in [1.54, 1.807) is 24.3 Å². The molecule has 178 valence electrons. The van der Waals surface area contributed by atoms with Gasteiger partial charge in [0, 0.05) is 37.1 Å². The van der Waals surface area contributed by atoms with Crippen molar-refractivity contribution in [3.05, 3.63) is 71.0 Å². The first kappa shape index (κ1) is 24.6. The van der Waals surface area contributed by atoms with Crippen LogP contribution in [-0.4, -0.2) is 31.1 Å². The topological polar surface area (TPSA) is 102 Å². The summed E-state index contributed by atoms with van der Waals surface area (Å²) in [6.07, 6.45) is -3.31. The third-order valence-electron chi connectivity index (χ3n) is 4.36. The highest BCUT2D eigenvalue weighted by molar-refractivity contribution is 6.31. The highest BCUT2D eigenvalue weighted by atomic mass is 35.5. The Labute approximate surface area is 197 Å². The highest BCUT2D eigenvalue weighted by Gasteiger charge is 2.34. The monoisotopic (exact) mass is 494 g/mol. The minimum absolute atomic E-state index is 0.0464. The van der Waals surface area contributed by atoms with Crippen molar-refractivity contribution in [2.75, 3.05) is 24.8 Å². The van der Waals surface area contributed by atoms with Crippen LogP contribution in [0.3, 0.4) is 0 Å². The molecule has 1 aromatic heterocycles. The molecular weight excluding hydrogens is 477 g/mol. The number of alkyl halides is 3. The summed E-state index contributed by atoms with van der Waals surface area (Å²) in [6, 6.07) is 10.1. The van der Waals surface area contributed by atoms with Crippen molar-refractivity contribution in [2.24, 2.45) is 0 Å². The third kappa shape index (κ3) is 6.07. The molecule has 3 amide bonds. The first-order valence-electron chi connectivity index (χ1n) is 9.59. The van der Waals surface area contributed by atoms with Gasteiger partial charge in [-0.05, 0) is 24.3 Å². The van der Waals surface area contributed by atoms with E-state index in [4.69, 9.17) is 21.1 Å². The van der Waals surface area contributed by atoms with Gasteiger partial charge in [-0.25, -0.2) is 4.79 Å². The van der Waals surface area contributed by atoms with E-state index >= 15 is 0 Å². The molecule has 0 radical (unpaired) electrons. The Kier molecular flexibility index (Phi) is 7.47. The van der Waals surface area contributed by atoms with Crippen molar-refractivity contribution in [2.45, 2.75) is 6.18 Å². The van der Waals surface area contributed by atoms with Crippen molar-refractivity contribution >= 4 is 34.9 Å². The fourth-order valence-corrected chi connectivity index (χ4v) is 3.08. The van der Waals surface area contributed by atoms with Crippen LogP contribution in [0.2, 0.25) is 5.02 Å². The Hall–Kier alpha value is -3.99. The molecule has 0 saturated carbocycles. The molecule has 0 fully saturated rings. The predicted octanol–water partition coefficient (Wildman–Crippen LogP) is 5.56. The molecule has 3 rings (SSSR count). The number of aromatic nitrogens is 1. The zero-order chi connectivity index (χ0) is 24.9. The van der Waals surface area contributed by atoms with Crippen molar-refractivity contribution in [1.29, 1.82) is 0 Å². The molecule has 0 atom stereocenters. The van der Waals surface area contributed by atoms with Gasteiger partial charge in [0.15, 0.2) is 0 Å². The fraction of sp³-hybridized carbons (Fsp3) is 0.136. The summed E-state index contributed by atoms with van der Waals surface area (Å²) in [5, 5.41) is 6.72. The number of carbonyl (C=O) groups excluding carboxylic acids is 2. The van der Waals surface area contributed by atoms with Crippen LogP contribution in [0, 0.1) is 0 Å². The van der Waals surface area contributed by atoms with Gasteiger partial charge in [-0.3, -0.25) is 9.78 Å². The number of halogens is 4. The summed E-state index contributed by atoms with van der Waals surface area (Å²) in [5.74, 6) is 0.231. The second-order valence-corrected chi connectivity index (χ2v) is 7.10. The lowest BCUT2D eigenvalue weighted by molar-refractivity contribution is -0.137. The Morgan fingerprint density at radius 2 is 1.76 bits per heavy atom. The summed E-state index contributed by atoms with van der Waals surface area (Å²) in [5.41, 5.74) is -0.889. The molecule has 0 saturated heterocycles. The van der Waals surface area contributed by atoms with Gasteiger partial charge in [0.1, 0.15) is 22.9 Å². The van der Waals surface area contributed by atoms with Gasteiger partial charge < -0.3 is 25.4 Å². The number of hydrogen-bond acceptors (Lipinski definition) is 5. The third-order valence-corrected chi connectivity index (χ3v) is 4.67. The maximum atomic E-state index is 13.2. The molecule has 2 aromatic carbocycles. The lowest BCUT2D eigenvalue weighted by Crippen LogP contribution is -2.20. The summed E-state index contributed by atoms with van der Waals surface area (Å²) in [6.45, 7) is 0. The van der Waals surface area contributed by atoms with Crippen LogP contribution in [0.25, 0.3) is 0 Å². The standard InChI is InChI=1S/C22H18ClF3N4O4/c1-27-20(31)18-9-14(6-7-28-18)34-13-5-3-4-12(8-13)29-21(32)30-17-10-15(22(24,25)26)16(23)11-19(17)33-2/h3-11H,1-2H3,(H,27,31)(H2,29,30,32). The molecule has 34 heavy (non-hydrogen) atoms. The second-order valence-electron chi connectivity index (χ2n) is 6.70. The lowest BCUT2D eigenvalue weighted by Gasteiger charge is -2.16. The molecule has 0 bridgehead atoms. The van der Waals surface area contributed by atoms with Gasteiger partial charge >= 0.3 is 12.2 Å². The number of urea groups is 1. The van der Waals surface area contributed by atoms with Gasteiger partial charge in [-0.1, -0.05) is 17.7 Å². The molecule has 0 unspecified atom stereocenters. The number of methoxy groups -OCH3 is 1.